The average molecular weight is 365 g/mol. The lowest BCUT2D eigenvalue weighted by Gasteiger charge is -2.32. The molecule has 1 aromatic heterocycles. The molecule has 2 aliphatic rings. The fourth-order valence-corrected chi connectivity index (χ4v) is 4.43. The summed E-state index contributed by atoms with van der Waals surface area (Å²) in [6.45, 7) is 8.40. The van der Waals surface area contributed by atoms with Crippen LogP contribution in [0, 0.1) is 5.92 Å². The van der Waals surface area contributed by atoms with Crippen LogP contribution in [0.2, 0.25) is 0 Å². The van der Waals surface area contributed by atoms with Crippen LogP contribution in [-0.4, -0.2) is 56.3 Å². The monoisotopic (exact) mass is 364 g/mol. The maximum atomic E-state index is 5.83. The van der Waals surface area contributed by atoms with Crippen molar-refractivity contribution in [3.63, 3.8) is 0 Å². The number of piperidine rings is 1. The first-order valence-corrected chi connectivity index (χ1v) is 10.4. The molecule has 1 atom stereocenters. The minimum atomic E-state index is -0.0370. The van der Waals surface area contributed by atoms with Gasteiger partial charge in [-0.05, 0) is 63.1 Å². The summed E-state index contributed by atoms with van der Waals surface area (Å²) in [7, 11) is 1.84. The number of rotatable bonds is 6. The molecule has 25 heavy (non-hydrogen) atoms. The molecule has 0 spiro atoms. The van der Waals surface area contributed by atoms with Gasteiger partial charge in [0.15, 0.2) is 5.96 Å². The molecule has 1 aromatic rings. The summed E-state index contributed by atoms with van der Waals surface area (Å²) < 4.78 is 5.83. The highest BCUT2D eigenvalue weighted by molar-refractivity contribution is 7.09. The van der Waals surface area contributed by atoms with Crippen LogP contribution in [0.5, 0.6) is 0 Å². The Morgan fingerprint density at radius 2 is 2.24 bits per heavy atom. The van der Waals surface area contributed by atoms with Crippen molar-refractivity contribution >= 4 is 17.3 Å². The Labute approximate surface area is 155 Å². The quantitative estimate of drug-likeness (QED) is 0.602. The number of ether oxygens (including phenoxy) is 1. The number of nitrogens with one attached hydrogen (secondary N) is 2. The Kier molecular flexibility index (Phi) is 6.73. The van der Waals surface area contributed by atoms with Gasteiger partial charge in [-0.25, -0.2) is 0 Å². The molecular formula is C19H32N4OS. The Bertz CT molecular complexity index is 532. The number of aliphatic imine (C=N–C) groups is 1. The van der Waals surface area contributed by atoms with E-state index >= 15 is 0 Å². The Morgan fingerprint density at radius 3 is 2.88 bits per heavy atom. The largest absolute Gasteiger partial charge is 0.373 e. The number of likely N-dealkylation sites (tertiary alicyclic amines) is 1. The van der Waals surface area contributed by atoms with Gasteiger partial charge in [0.25, 0.3) is 0 Å². The van der Waals surface area contributed by atoms with Crippen LogP contribution < -0.4 is 10.6 Å². The molecule has 2 aliphatic heterocycles. The van der Waals surface area contributed by atoms with E-state index in [1.807, 2.05) is 18.4 Å². The summed E-state index contributed by atoms with van der Waals surface area (Å²) >= 11 is 1.86. The van der Waals surface area contributed by atoms with Gasteiger partial charge in [-0.3, -0.25) is 9.89 Å². The first kappa shape index (κ1) is 18.7. The summed E-state index contributed by atoms with van der Waals surface area (Å²) in [5.41, 5.74) is -0.0370. The molecule has 5 nitrogen and oxygen atoms in total. The zero-order valence-corrected chi connectivity index (χ0v) is 16.4. The van der Waals surface area contributed by atoms with Gasteiger partial charge in [-0.2, -0.15) is 0 Å². The van der Waals surface area contributed by atoms with E-state index in [0.717, 1.165) is 51.0 Å². The fourth-order valence-electron chi connectivity index (χ4n) is 3.68. The summed E-state index contributed by atoms with van der Waals surface area (Å²) in [4.78, 5) is 8.41. The maximum absolute atomic E-state index is 5.83. The van der Waals surface area contributed by atoms with Crippen molar-refractivity contribution in [3.05, 3.63) is 22.4 Å². The molecule has 0 aromatic carbocycles. The molecule has 0 radical (unpaired) electrons. The lowest BCUT2D eigenvalue weighted by atomic mass is 9.97. The van der Waals surface area contributed by atoms with Crippen molar-refractivity contribution in [1.82, 2.24) is 15.5 Å². The standard InChI is InChI=1S/C19H32N4OS/c1-19(8-4-11-24-19)15-22-18(20-2)21-13-16-6-9-23(10-7-16)14-17-5-3-12-25-17/h3,5,12,16H,4,6-11,13-15H2,1-2H3,(H2,20,21,22). The van der Waals surface area contributed by atoms with Gasteiger partial charge >= 0.3 is 0 Å². The molecule has 3 rings (SSSR count). The lowest BCUT2D eigenvalue weighted by molar-refractivity contribution is 0.0242. The second-order valence-electron chi connectivity index (χ2n) is 7.51. The van der Waals surface area contributed by atoms with Gasteiger partial charge < -0.3 is 15.4 Å². The van der Waals surface area contributed by atoms with Crippen molar-refractivity contribution in [2.45, 2.75) is 44.8 Å². The third-order valence-corrected chi connectivity index (χ3v) is 6.24. The highest BCUT2D eigenvalue weighted by Gasteiger charge is 2.29. The fraction of sp³-hybridized carbons (Fsp3) is 0.737. The van der Waals surface area contributed by atoms with E-state index in [9.17, 15) is 0 Å². The van der Waals surface area contributed by atoms with Crippen LogP contribution >= 0.6 is 11.3 Å². The zero-order valence-electron chi connectivity index (χ0n) is 15.6. The predicted molar refractivity (Wildman–Crippen MR) is 105 cm³/mol. The molecule has 0 amide bonds. The second kappa shape index (κ2) is 9.01. The van der Waals surface area contributed by atoms with Gasteiger partial charge in [0.05, 0.1) is 5.60 Å². The van der Waals surface area contributed by atoms with Crippen LogP contribution in [0.15, 0.2) is 22.5 Å². The third-order valence-electron chi connectivity index (χ3n) is 5.38. The van der Waals surface area contributed by atoms with Gasteiger partial charge in [-0.1, -0.05) is 6.07 Å². The first-order valence-electron chi connectivity index (χ1n) is 9.50. The molecule has 1 unspecified atom stereocenters. The zero-order chi connectivity index (χ0) is 17.5. The van der Waals surface area contributed by atoms with Crippen molar-refractivity contribution in [2.75, 3.05) is 39.8 Å². The van der Waals surface area contributed by atoms with E-state index in [4.69, 9.17) is 4.74 Å². The van der Waals surface area contributed by atoms with E-state index in [2.05, 4.69) is 45.0 Å². The molecule has 3 heterocycles. The van der Waals surface area contributed by atoms with E-state index in [1.165, 1.54) is 30.8 Å². The summed E-state index contributed by atoms with van der Waals surface area (Å²) in [5.74, 6) is 1.63. The van der Waals surface area contributed by atoms with Crippen LogP contribution in [-0.2, 0) is 11.3 Å². The van der Waals surface area contributed by atoms with Gasteiger partial charge in [-0.15, -0.1) is 11.3 Å². The highest BCUT2D eigenvalue weighted by atomic mass is 32.1. The Balaban J connectivity index is 1.34. The first-order chi connectivity index (χ1) is 12.2. The van der Waals surface area contributed by atoms with Crippen molar-refractivity contribution in [2.24, 2.45) is 10.9 Å². The normalized spacial score (nSPS) is 26.1. The number of hydrogen-bond acceptors (Lipinski definition) is 4. The predicted octanol–water partition coefficient (Wildman–Crippen LogP) is 2.69. The molecule has 6 heteroatoms. The molecular weight excluding hydrogens is 332 g/mol. The number of hydrogen-bond donors (Lipinski definition) is 2. The van der Waals surface area contributed by atoms with E-state index < -0.39 is 0 Å². The van der Waals surface area contributed by atoms with Gasteiger partial charge in [0.1, 0.15) is 0 Å². The molecule has 2 saturated heterocycles. The highest BCUT2D eigenvalue weighted by Crippen LogP contribution is 2.24. The summed E-state index contributed by atoms with van der Waals surface area (Å²) in [6, 6.07) is 4.38. The lowest BCUT2D eigenvalue weighted by Crippen LogP contribution is -2.47. The van der Waals surface area contributed by atoms with E-state index in [-0.39, 0.29) is 5.60 Å². The number of nitrogens with zero attached hydrogens (tertiary/aromatic N) is 2. The summed E-state index contributed by atoms with van der Waals surface area (Å²) in [5, 5.41) is 9.11. The molecule has 2 fully saturated rings. The summed E-state index contributed by atoms with van der Waals surface area (Å²) in [6.07, 6.45) is 4.81. The topological polar surface area (TPSA) is 48.9 Å². The second-order valence-corrected chi connectivity index (χ2v) is 8.54. The minimum Gasteiger partial charge on any atom is -0.373 e. The molecule has 0 aliphatic carbocycles. The van der Waals surface area contributed by atoms with Crippen molar-refractivity contribution in [1.29, 1.82) is 0 Å². The smallest absolute Gasteiger partial charge is 0.191 e. The maximum Gasteiger partial charge on any atom is 0.191 e. The molecule has 0 bridgehead atoms. The molecule has 140 valence electrons. The third kappa shape index (κ3) is 5.69. The van der Waals surface area contributed by atoms with Crippen LogP contribution in [0.4, 0.5) is 0 Å². The van der Waals surface area contributed by atoms with Crippen molar-refractivity contribution < 1.29 is 4.74 Å². The Hall–Kier alpha value is -1.11. The van der Waals surface area contributed by atoms with Crippen LogP contribution in [0.3, 0.4) is 0 Å². The molecule has 2 N–H and O–H groups in total. The van der Waals surface area contributed by atoms with Gasteiger partial charge in [0, 0.05) is 38.2 Å². The minimum absolute atomic E-state index is 0.0370. The molecule has 0 saturated carbocycles. The number of thiophene rings is 1. The average Bonchev–Trinajstić information content (AvgIpc) is 3.29. The number of guanidine groups is 1. The Morgan fingerprint density at radius 1 is 1.40 bits per heavy atom. The van der Waals surface area contributed by atoms with Crippen LogP contribution in [0.25, 0.3) is 0 Å². The van der Waals surface area contributed by atoms with E-state index in [0.29, 0.717) is 0 Å². The van der Waals surface area contributed by atoms with Crippen LogP contribution in [0.1, 0.15) is 37.5 Å². The van der Waals surface area contributed by atoms with Gasteiger partial charge in [0.2, 0.25) is 0 Å². The van der Waals surface area contributed by atoms with Crippen molar-refractivity contribution in [3.8, 4) is 0 Å². The van der Waals surface area contributed by atoms with E-state index in [1.54, 1.807) is 0 Å². The SMILES string of the molecule is CN=C(NCC1CCN(Cc2cccs2)CC1)NCC1(C)CCCO1.